The molecule has 0 aromatic heterocycles. The topological polar surface area (TPSA) is 55.7 Å². The smallest absolute Gasteiger partial charge is 0.268 e. The summed E-state index contributed by atoms with van der Waals surface area (Å²) in [5.41, 5.74) is -2.03. The minimum Gasteiger partial charge on any atom is -0.268 e. The zero-order valence-electron chi connectivity index (χ0n) is 14.4. The van der Waals surface area contributed by atoms with E-state index in [4.69, 9.17) is 0 Å². The van der Waals surface area contributed by atoms with E-state index in [1.807, 2.05) is 0 Å². The fraction of sp³-hybridized carbons (Fsp3) is 0.235. The highest BCUT2D eigenvalue weighted by Gasteiger charge is 2.75. The van der Waals surface area contributed by atoms with Crippen molar-refractivity contribution in [2.75, 3.05) is 6.26 Å². The van der Waals surface area contributed by atoms with Crippen molar-refractivity contribution in [2.45, 2.75) is 18.0 Å². The molecule has 4 nitrogen and oxygen atoms in total. The number of halogens is 7. The molecule has 2 rings (SSSR count). The van der Waals surface area contributed by atoms with Crippen molar-refractivity contribution in [1.82, 2.24) is 0 Å². The van der Waals surface area contributed by atoms with Gasteiger partial charge >= 0.3 is 28.1 Å². The average molecular weight is 443 g/mol. The molecule has 0 fully saturated rings. The maximum Gasteiger partial charge on any atom is 0.460 e. The summed E-state index contributed by atoms with van der Waals surface area (Å²) in [6.45, 7) is 0. The Balaban J connectivity index is 2.57. The molecule has 2 aromatic rings. The van der Waals surface area contributed by atoms with Crippen LogP contribution in [0.1, 0.15) is 5.56 Å². The zero-order chi connectivity index (χ0) is 22.1. The molecule has 0 bridgehead atoms. The minimum atomic E-state index is -6.63. The molecule has 0 spiro atoms. The van der Waals surface area contributed by atoms with E-state index in [0.29, 0.717) is 17.4 Å². The molecular formula is C17H12F7NO3S. The third kappa shape index (κ3) is 4.86. The summed E-state index contributed by atoms with van der Waals surface area (Å²) < 4.78 is 119. The third-order valence-electron chi connectivity index (χ3n) is 3.58. The predicted molar refractivity (Wildman–Crippen MR) is 90.3 cm³/mol. The van der Waals surface area contributed by atoms with Crippen molar-refractivity contribution in [3.8, 4) is 11.1 Å². The Bertz CT molecular complexity index is 986. The van der Waals surface area contributed by atoms with Crippen LogP contribution in [0.2, 0.25) is 0 Å². The highest BCUT2D eigenvalue weighted by molar-refractivity contribution is 7.85. The quantitative estimate of drug-likeness (QED) is 0.364. The van der Waals surface area contributed by atoms with Crippen molar-refractivity contribution >= 4 is 15.8 Å². The molecule has 0 aliphatic carbocycles. The first kappa shape index (κ1) is 22.7. The maximum atomic E-state index is 14.2. The number of oxime groups is 1. The van der Waals surface area contributed by atoms with Crippen LogP contribution >= 0.6 is 0 Å². The van der Waals surface area contributed by atoms with Gasteiger partial charge in [0, 0.05) is 5.56 Å². The van der Waals surface area contributed by atoms with Crippen LogP contribution in [0.5, 0.6) is 0 Å². The number of hydrogen-bond donors (Lipinski definition) is 0. The van der Waals surface area contributed by atoms with Gasteiger partial charge in [0.15, 0.2) is 5.71 Å². The highest BCUT2D eigenvalue weighted by Crippen LogP contribution is 2.48. The zero-order valence-corrected chi connectivity index (χ0v) is 15.2. The van der Waals surface area contributed by atoms with E-state index >= 15 is 0 Å². The van der Waals surface area contributed by atoms with E-state index in [1.54, 1.807) is 30.3 Å². The monoisotopic (exact) mass is 443 g/mol. The van der Waals surface area contributed by atoms with Crippen LogP contribution in [-0.4, -0.2) is 38.4 Å². The molecule has 29 heavy (non-hydrogen) atoms. The molecule has 0 N–H and O–H groups in total. The van der Waals surface area contributed by atoms with Gasteiger partial charge in [-0.25, -0.2) is 0 Å². The first-order valence-electron chi connectivity index (χ1n) is 7.62. The van der Waals surface area contributed by atoms with Crippen LogP contribution in [0.4, 0.5) is 30.7 Å². The molecular weight excluding hydrogens is 431 g/mol. The third-order valence-corrected chi connectivity index (χ3v) is 3.92. The molecule has 0 aliphatic rings. The maximum absolute atomic E-state index is 14.2. The molecule has 0 heterocycles. The summed E-state index contributed by atoms with van der Waals surface area (Å²) in [7, 11) is -4.57. The van der Waals surface area contributed by atoms with Gasteiger partial charge in [0.1, 0.15) is 0 Å². The Kier molecular flexibility index (Phi) is 5.98. The molecule has 0 amide bonds. The van der Waals surface area contributed by atoms with Gasteiger partial charge in [0.05, 0.1) is 6.26 Å². The highest BCUT2D eigenvalue weighted by atomic mass is 32.2. The van der Waals surface area contributed by atoms with Crippen molar-refractivity contribution in [3.63, 3.8) is 0 Å². The number of alkyl halides is 7. The Labute approximate surface area is 160 Å². The molecule has 0 radical (unpaired) electrons. The lowest BCUT2D eigenvalue weighted by molar-refractivity contribution is -0.336. The average Bonchev–Trinajstić information content (AvgIpc) is 2.61. The lowest BCUT2D eigenvalue weighted by Crippen LogP contribution is -2.56. The van der Waals surface area contributed by atoms with Gasteiger partial charge in [-0.3, -0.25) is 4.28 Å². The number of rotatable bonds is 6. The molecule has 2 aromatic carbocycles. The second kappa shape index (κ2) is 7.65. The van der Waals surface area contributed by atoms with Gasteiger partial charge in [0.2, 0.25) is 0 Å². The Hall–Kier alpha value is -2.63. The SMILES string of the molecule is CS(=O)(=O)ON=C(c1ccc(-c2ccccc2)cc1)C(F)(F)C(F)(F)C(F)(F)F. The molecule has 0 saturated heterocycles. The summed E-state index contributed by atoms with van der Waals surface area (Å²) in [6.07, 6.45) is -6.28. The Morgan fingerprint density at radius 1 is 0.828 bits per heavy atom. The fourth-order valence-electron chi connectivity index (χ4n) is 2.17. The van der Waals surface area contributed by atoms with Gasteiger partial charge in [-0.1, -0.05) is 59.8 Å². The van der Waals surface area contributed by atoms with Crippen LogP contribution < -0.4 is 0 Å². The summed E-state index contributed by atoms with van der Waals surface area (Å²) in [4.78, 5) is 0. The van der Waals surface area contributed by atoms with Crippen molar-refractivity contribution < 1.29 is 43.4 Å². The first-order valence-corrected chi connectivity index (χ1v) is 9.44. The summed E-state index contributed by atoms with van der Waals surface area (Å²) >= 11 is 0. The lowest BCUT2D eigenvalue weighted by atomic mass is 9.96. The van der Waals surface area contributed by atoms with E-state index in [2.05, 4.69) is 9.44 Å². The minimum absolute atomic E-state index is 0.354. The van der Waals surface area contributed by atoms with E-state index in [9.17, 15) is 39.2 Å². The van der Waals surface area contributed by atoms with Gasteiger partial charge < -0.3 is 0 Å². The van der Waals surface area contributed by atoms with Crippen molar-refractivity contribution in [1.29, 1.82) is 0 Å². The van der Waals surface area contributed by atoms with Gasteiger partial charge in [-0.15, -0.1) is 0 Å². The van der Waals surface area contributed by atoms with E-state index in [1.165, 1.54) is 12.1 Å². The lowest BCUT2D eigenvalue weighted by Gasteiger charge is -2.28. The molecule has 0 aliphatic heterocycles. The second-order valence-electron chi connectivity index (χ2n) is 5.81. The van der Waals surface area contributed by atoms with Crippen LogP contribution in [0, 0.1) is 0 Å². The molecule has 0 unspecified atom stereocenters. The number of hydrogen-bond acceptors (Lipinski definition) is 4. The standard InChI is InChI=1S/C17H12F7NO3S/c1-29(26,27)28-25-14(15(18,19)16(20,21)17(22,23)24)13-9-7-12(8-10-13)11-5-3-2-4-6-11/h2-10H,1H3. The van der Waals surface area contributed by atoms with Crippen LogP contribution in [0.3, 0.4) is 0 Å². The predicted octanol–water partition coefficient (Wildman–Crippen LogP) is 4.87. The second-order valence-corrected chi connectivity index (χ2v) is 7.37. The number of nitrogens with zero attached hydrogens (tertiary/aromatic N) is 1. The normalized spacial score (nSPS) is 14.0. The van der Waals surface area contributed by atoms with Gasteiger partial charge in [-0.05, 0) is 11.1 Å². The van der Waals surface area contributed by atoms with Crippen LogP contribution in [0.15, 0.2) is 59.8 Å². The van der Waals surface area contributed by atoms with E-state index < -0.39 is 39.4 Å². The molecule has 0 saturated carbocycles. The van der Waals surface area contributed by atoms with E-state index in [0.717, 1.165) is 12.1 Å². The van der Waals surface area contributed by atoms with Gasteiger partial charge in [0.25, 0.3) is 0 Å². The summed E-state index contributed by atoms with van der Waals surface area (Å²) in [6, 6.07) is 12.2. The Morgan fingerprint density at radius 3 is 1.76 bits per heavy atom. The Morgan fingerprint density at radius 2 is 1.31 bits per heavy atom. The number of benzene rings is 2. The van der Waals surface area contributed by atoms with Crippen LogP contribution in [0.25, 0.3) is 11.1 Å². The molecule has 158 valence electrons. The van der Waals surface area contributed by atoms with Crippen molar-refractivity contribution in [2.24, 2.45) is 5.16 Å². The molecule has 0 atom stereocenters. The fourth-order valence-corrected chi connectivity index (χ4v) is 2.38. The molecule has 12 heteroatoms. The first-order chi connectivity index (χ1) is 13.2. The largest absolute Gasteiger partial charge is 0.460 e. The van der Waals surface area contributed by atoms with Crippen LogP contribution in [-0.2, 0) is 14.4 Å². The van der Waals surface area contributed by atoms with E-state index in [-0.39, 0.29) is 0 Å². The van der Waals surface area contributed by atoms with Gasteiger partial charge in [-0.2, -0.15) is 39.2 Å². The summed E-state index contributed by atoms with van der Waals surface area (Å²) in [5, 5.41) is 2.42. The summed E-state index contributed by atoms with van der Waals surface area (Å²) in [5.74, 6) is -12.5. The van der Waals surface area contributed by atoms with Crippen molar-refractivity contribution in [3.05, 3.63) is 60.2 Å².